The summed E-state index contributed by atoms with van der Waals surface area (Å²) in [6, 6.07) is 6.34. The molecule has 2 rings (SSSR count). The second kappa shape index (κ2) is 6.39. The van der Waals surface area contributed by atoms with Gasteiger partial charge in [-0.1, -0.05) is 0 Å². The molecule has 0 aliphatic heterocycles. The van der Waals surface area contributed by atoms with Crippen LogP contribution >= 0.6 is 31.9 Å². The van der Waals surface area contributed by atoms with Gasteiger partial charge in [-0.2, -0.15) is 0 Å². The van der Waals surface area contributed by atoms with E-state index in [0.29, 0.717) is 21.7 Å². The Morgan fingerprint density at radius 3 is 2.62 bits per heavy atom. The molecule has 0 aliphatic carbocycles. The second-order valence-electron chi connectivity index (χ2n) is 4.01. The van der Waals surface area contributed by atoms with Crippen LogP contribution in [0.2, 0.25) is 0 Å². The largest absolute Gasteiger partial charge is 0.497 e. The number of sulfonamides is 1. The lowest BCUT2D eigenvalue weighted by molar-refractivity contribution is 0.415. The van der Waals surface area contributed by atoms with E-state index < -0.39 is 10.0 Å². The van der Waals surface area contributed by atoms with Crippen molar-refractivity contribution >= 4 is 47.6 Å². The van der Waals surface area contributed by atoms with Crippen molar-refractivity contribution in [3.8, 4) is 5.75 Å². The lowest BCUT2D eigenvalue weighted by Gasteiger charge is -2.10. The van der Waals surface area contributed by atoms with E-state index in [1.165, 1.54) is 13.2 Å². The number of ether oxygens (including phenoxy) is 1. The number of benzene rings is 1. The van der Waals surface area contributed by atoms with Crippen LogP contribution in [0.25, 0.3) is 0 Å². The van der Waals surface area contributed by atoms with Crippen LogP contribution < -0.4 is 15.2 Å². The van der Waals surface area contributed by atoms with E-state index >= 15 is 0 Å². The van der Waals surface area contributed by atoms with Crippen molar-refractivity contribution in [3.05, 3.63) is 39.2 Å². The number of rotatable bonds is 5. The van der Waals surface area contributed by atoms with Crippen molar-refractivity contribution in [2.45, 2.75) is 11.4 Å². The van der Waals surface area contributed by atoms with Gasteiger partial charge in [-0.3, -0.25) is 4.72 Å². The fraction of sp³-hybridized carbons (Fsp3) is 0.167. The van der Waals surface area contributed by atoms with Crippen molar-refractivity contribution in [1.29, 1.82) is 0 Å². The summed E-state index contributed by atoms with van der Waals surface area (Å²) in [4.78, 5) is -0.0160. The summed E-state index contributed by atoms with van der Waals surface area (Å²) in [5.74, 6) is 0.900. The first kappa shape index (κ1) is 16.3. The standard InChI is InChI=1S/C12H12Br2N2O4S/c1-19-7-2-3-9(13)10(4-7)16-21(17,18)11-5-8(6-15)20-12(11)14/h2-5,16H,6,15H2,1H3. The van der Waals surface area contributed by atoms with Crippen LogP contribution in [0.5, 0.6) is 5.75 Å². The number of hydrogen-bond acceptors (Lipinski definition) is 5. The minimum absolute atomic E-state index is 0.0160. The number of methoxy groups -OCH3 is 1. The molecular formula is C12H12Br2N2O4S. The van der Waals surface area contributed by atoms with Gasteiger partial charge in [-0.25, -0.2) is 8.42 Å². The zero-order valence-corrected chi connectivity index (χ0v) is 14.9. The molecule has 9 heteroatoms. The third-order valence-electron chi connectivity index (χ3n) is 2.62. The number of furan rings is 1. The van der Waals surface area contributed by atoms with Crippen molar-refractivity contribution < 1.29 is 17.6 Å². The lowest BCUT2D eigenvalue weighted by atomic mass is 10.3. The van der Waals surface area contributed by atoms with Crippen LogP contribution in [-0.4, -0.2) is 15.5 Å². The molecule has 0 aliphatic rings. The van der Waals surface area contributed by atoms with Gasteiger partial charge in [0, 0.05) is 16.6 Å². The van der Waals surface area contributed by atoms with Crippen molar-refractivity contribution in [3.63, 3.8) is 0 Å². The Labute approximate surface area is 139 Å². The van der Waals surface area contributed by atoms with Crippen LogP contribution in [-0.2, 0) is 16.6 Å². The van der Waals surface area contributed by atoms with E-state index in [-0.39, 0.29) is 16.1 Å². The number of halogens is 2. The molecule has 0 radical (unpaired) electrons. The fourth-order valence-corrected chi connectivity index (χ4v) is 4.14. The summed E-state index contributed by atoms with van der Waals surface area (Å²) < 4.78 is 38.2. The topological polar surface area (TPSA) is 94.6 Å². The third-order valence-corrected chi connectivity index (χ3v) is 5.53. The van der Waals surface area contributed by atoms with E-state index in [2.05, 4.69) is 36.6 Å². The van der Waals surface area contributed by atoms with E-state index in [0.717, 1.165) is 0 Å². The average molecular weight is 440 g/mol. The van der Waals surface area contributed by atoms with Crippen molar-refractivity contribution in [2.24, 2.45) is 5.73 Å². The molecule has 1 heterocycles. The first-order valence-electron chi connectivity index (χ1n) is 5.72. The summed E-state index contributed by atoms with van der Waals surface area (Å²) in [6.07, 6.45) is 0. The Bertz CT molecular complexity index is 759. The van der Waals surface area contributed by atoms with Gasteiger partial charge in [0.05, 0.1) is 19.3 Å². The molecule has 0 saturated carbocycles. The molecule has 0 amide bonds. The predicted molar refractivity (Wildman–Crippen MR) is 85.8 cm³/mol. The number of hydrogen-bond donors (Lipinski definition) is 2. The lowest BCUT2D eigenvalue weighted by Crippen LogP contribution is -2.13. The zero-order chi connectivity index (χ0) is 15.6. The minimum Gasteiger partial charge on any atom is -0.497 e. The molecule has 21 heavy (non-hydrogen) atoms. The molecule has 0 unspecified atom stereocenters. The van der Waals surface area contributed by atoms with Crippen LogP contribution in [0.15, 0.2) is 42.7 Å². The van der Waals surface area contributed by atoms with E-state index in [1.54, 1.807) is 18.2 Å². The summed E-state index contributed by atoms with van der Waals surface area (Å²) in [5.41, 5.74) is 5.79. The van der Waals surface area contributed by atoms with Gasteiger partial charge >= 0.3 is 0 Å². The van der Waals surface area contributed by atoms with Gasteiger partial charge in [-0.05, 0) is 44.0 Å². The highest BCUT2D eigenvalue weighted by Gasteiger charge is 2.23. The molecule has 2 aromatic rings. The van der Waals surface area contributed by atoms with E-state index in [1.807, 2.05) is 0 Å². The van der Waals surface area contributed by atoms with Crippen molar-refractivity contribution in [2.75, 3.05) is 11.8 Å². The van der Waals surface area contributed by atoms with Crippen LogP contribution in [0.3, 0.4) is 0 Å². The third kappa shape index (κ3) is 3.60. The molecule has 3 N–H and O–H groups in total. The highest BCUT2D eigenvalue weighted by atomic mass is 79.9. The Balaban J connectivity index is 2.39. The molecule has 114 valence electrons. The van der Waals surface area contributed by atoms with E-state index in [9.17, 15) is 8.42 Å². The van der Waals surface area contributed by atoms with Gasteiger partial charge in [0.1, 0.15) is 16.4 Å². The minimum atomic E-state index is -3.81. The van der Waals surface area contributed by atoms with Crippen LogP contribution in [0.1, 0.15) is 5.76 Å². The zero-order valence-electron chi connectivity index (χ0n) is 10.9. The van der Waals surface area contributed by atoms with Gasteiger partial charge in [-0.15, -0.1) is 0 Å². The number of anilines is 1. The molecule has 0 saturated heterocycles. The van der Waals surface area contributed by atoms with Gasteiger partial charge in [0.25, 0.3) is 10.0 Å². The molecule has 0 spiro atoms. The van der Waals surface area contributed by atoms with E-state index in [4.69, 9.17) is 14.9 Å². The van der Waals surface area contributed by atoms with Gasteiger partial charge in [0.15, 0.2) is 4.67 Å². The summed E-state index contributed by atoms with van der Waals surface area (Å²) >= 11 is 6.36. The maximum Gasteiger partial charge on any atom is 0.266 e. The molecule has 1 aromatic heterocycles. The van der Waals surface area contributed by atoms with Gasteiger partial charge < -0.3 is 14.9 Å². The normalized spacial score (nSPS) is 11.4. The predicted octanol–water partition coefficient (Wildman–Crippen LogP) is 3.07. The first-order valence-corrected chi connectivity index (χ1v) is 8.79. The SMILES string of the molecule is COc1ccc(Br)c(NS(=O)(=O)c2cc(CN)oc2Br)c1. The monoisotopic (exact) mass is 438 g/mol. The number of nitrogens with one attached hydrogen (secondary N) is 1. The average Bonchev–Trinajstić information content (AvgIpc) is 2.83. The van der Waals surface area contributed by atoms with Crippen molar-refractivity contribution in [1.82, 2.24) is 0 Å². The molecule has 6 nitrogen and oxygen atoms in total. The quantitative estimate of drug-likeness (QED) is 0.746. The second-order valence-corrected chi connectivity index (χ2v) is 7.23. The Morgan fingerprint density at radius 2 is 2.05 bits per heavy atom. The highest BCUT2D eigenvalue weighted by molar-refractivity contribution is 9.10. The summed E-state index contributed by atoms with van der Waals surface area (Å²) in [7, 11) is -2.31. The number of nitrogens with two attached hydrogens (primary N) is 1. The Kier molecular flexibility index (Phi) is 4.97. The Hall–Kier alpha value is -1.03. The maximum absolute atomic E-state index is 12.4. The molecule has 0 fully saturated rings. The summed E-state index contributed by atoms with van der Waals surface area (Å²) in [6.45, 7) is 0.108. The molecule has 0 bridgehead atoms. The summed E-state index contributed by atoms with van der Waals surface area (Å²) in [5, 5.41) is 0. The molecule has 1 aromatic carbocycles. The smallest absolute Gasteiger partial charge is 0.266 e. The molecular weight excluding hydrogens is 428 g/mol. The van der Waals surface area contributed by atoms with Crippen LogP contribution in [0.4, 0.5) is 5.69 Å². The fourth-order valence-electron chi connectivity index (χ4n) is 1.59. The maximum atomic E-state index is 12.4. The first-order chi connectivity index (χ1) is 9.87. The molecule has 0 atom stereocenters. The van der Waals surface area contributed by atoms with Gasteiger partial charge in [0.2, 0.25) is 0 Å². The highest BCUT2D eigenvalue weighted by Crippen LogP contribution is 2.32. The van der Waals surface area contributed by atoms with Crippen LogP contribution in [0, 0.1) is 0 Å². The Morgan fingerprint density at radius 1 is 1.33 bits per heavy atom.